The first-order valence-corrected chi connectivity index (χ1v) is 5.74. The van der Waals surface area contributed by atoms with Crippen LogP contribution in [0.25, 0.3) is 0 Å². The van der Waals surface area contributed by atoms with Crippen LogP contribution in [-0.4, -0.2) is 19.6 Å². The summed E-state index contributed by atoms with van der Waals surface area (Å²) in [6.45, 7) is 2.38. The van der Waals surface area contributed by atoms with E-state index in [2.05, 4.69) is 5.32 Å². The lowest BCUT2D eigenvalue weighted by Crippen LogP contribution is -2.26. The molecule has 0 unspecified atom stereocenters. The molecule has 17 heavy (non-hydrogen) atoms. The van der Waals surface area contributed by atoms with Crippen LogP contribution < -0.4 is 10.1 Å². The number of amides is 1. The van der Waals surface area contributed by atoms with E-state index in [1.54, 1.807) is 6.92 Å². The Labute approximate surface area is 100.0 Å². The van der Waals surface area contributed by atoms with Crippen molar-refractivity contribution in [2.24, 2.45) is 5.92 Å². The zero-order chi connectivity index (χ0) is 12.4. The third-order valence-corrected chi connectivity index (χ3v) is 2.98. The van der Waals surface area contributed by atoms with E-state index in [0.29, 0.717) is 23.8 Å². The second-order valence-corrected chi connectivity index (χ2v) is 4.46. The van der Waals surface area contributed by atoms with E-state index in [1.165, 1.54) is 19.2 Å². The summed E-state index contributed by atoms with van der Waals surface area (Å²) in [6, 6.07) is 2.78. The fourth-order valence-corrected chi connectivity index (χ4v) is 1.70. The highest BCUT2D eigenvalue weighted by Crippen LogP contribution is 2.28. The Morgan fingerprint density at radius 1 is 1.53 bits per heavy atom. The van der Waals surface area contributed by atoms with Crippen LogP contribution in [0.2, 0.25) is 0 Å². The normalized spacial score (nSPS) is 14.5. The molecule has 1 fully saturated rings. The molecule has 1 saturated carbocycles. The molecule has 1 aromatic carbocycles. The van der Waals surface area contributed by atoms with Gasteiger partial charge in [0, 0.05) is 6.54 Å². The molecule has 0 atom stereocenters. The van der Waals surface area contributed by atoms with Crippen LogP contribution in [0.5, 0.6) is 5.75 Å². The SMILES string of the molecule is COc1cc(C(=O)NCC2CC2)c(F)cc1C. The van der Waals surface area contributed by atoms with Gasteiger partial charge in [0.15, 0.2) is 0 Å². The number of hydrogen-bond acceptors (Lipinski definition) is 2. The topological polar surface area (TPSA) is 38.3 Å². The summed E-state index contributed by atoms with van der Waals surface area (Å²) in [6.07, 6.45) is 2.31. The molecule has 1 aliphatic rings. The van der Waals surface area contributed by atoms with Gasteiger partial charge in [-0.1, -0.05) is 0 Å². The number of carbonyl (C=O) groups excluding carboxylic acids is 1. The van der Waals surface area contributed by atoms with Gasteiger partial charge in [-0.05, 0) is 43.4 Å². The molecule has 0 aromatic heterocycles. The van der Waals surface area contributed by atoms with Crippen LogP contribution >= 0.6 is 0 Å². The van der Waals surface area contributed by atoms with Crippen molar-refractivity contribution in [3.05, 3.63) is 29.1 Å². The van der Waals surface area contributed by atoms with Gasteiger partial charge in [-0.3, -0.25) is 4.79 Å². The number of rotatable bonds is 4. The third-order valence-electron chi connectivity index (χ3n) is 2.98. The minimum absolute atomic E-state index is 0.0492. The first kappa shape index (κ1) is 11.9. The molecule has 0 radical (unpaired) electrons. The number of aryl methyl sites for hydroxylation is 1. The Bertz CT molecular complexity index is 441. The maximum Gasteiger partial charge on any atom is 0.254 e. The molecule has 1 N–H and O–H groups in total. The van der Waals surface area contributed by atoms with Crippen molar-refractivity contribution >= 4 is 5.91 Å². The van der Waals surface area contributed by atoms with E-state index in [4.69, 9.17) is 4.74 Å². The van der Waals surface area contributed by atoms with E-state index in [9.17, 15) is 9.18 Å². The van der Waals surface area contributed by atoms with Crippen LogP contribution in [-0.2, 0) is 0 Å². The van der Waals surface area contributed by atoms with Crippen molar-refractivity contribution in [3.63, 3.8) is 0 Å². The summed E-state index contributed by atoms with van der Waals surface area (Å²) < 4.78 is 18.7. The Kier molecular flexibility index (Phi) is 3.31. The predicted octanol–water partition coefficient (Wildman–Crippen LogP) is 2.28. The summed E-state index contributed by atoms with van der Waals surface area (Å²) >= 11 is 0. The van der Waals surface area contributed by atoms with E-state index < -0.39 is 5.82 Å². The van der Waals surface area contributed by atoms with Crippen molar-refractivity contribution in [1.29, 1.82) is 0 Å². The maximum atomic E-state index is 13.6. The molecule has 0 aliphatic heterocycles. The lowest BCUT2D eigenvalue weighted by molar-refractivity contribution is 0.0947. The van der Waals surface area contributed by atoms with Crippen molar-refractivity contribution in [2.45, 2.75) is 19.8 Å². The largest absolute Gasteiger partial charge is 0.496 e. The van der Waals surface area contributed by atoms with Crippen LogP contribution in [0.3, 0.4) is 0 Å². The summed E-state index contributed by atoms with van der Waals surface area (Å²) in [4.78, 5) is 11.8. The van der Waals surface area contributed by atoms with Gasteiger partial charge in [0.05, 0.1) is 12.7 Å². The minimum atomic E-state index is -0.503. The summed E-state index contributed by atoms with van der Waals surface area (Å²) in [5.74, 6) is 0.238. The summed E-state index contributed by atoms with van der Waals surface area (Å²) in [5, 5.41) is 2.74. The van der Waals surface area contributed by atoms with Gasteiger partial charge >= 0.3 is 0 Å². The Hall–Kier alpha value is -1.58. The molecule has 0 bridgehead atoms. The first-order valence-electron chi connectivity index (χ1n) is 5.74. The number of nitrogens with one attached hydrogen (secondary N) is 1. The van der Waals surface area contributed by atoms with Crippen molar-refractivity contribution in [2.75, 3.05) is 13.7 Å². The highest BCUT2D eigenvalue weighted by atomic mass is 19.1. The van der Waals surface area contributed by atoms with Gasteiger partial charge in [0.2, 0.25) is 0 Å². The van der Waals surface area contributed by atoms with E-state index in [0.717, 1.165) is 12.8 Å². The Morgan fingerprint density at radius 3 is 2.82 bits per heavy atom. The molecule has 3 nitrogen and oxygen atoms in total. The first-order chi connectivity index (χ1) is 8.11. The van der Waals surface area contributed by atoms with Crippen LogP contribution in [0, 0.1) is 18.7 Å². The van der Waals surface area contributed by atoms with E-state index >= 15 is 0 Å². The molecule has 0 heterocycles. The van der Waals surface area contributed by atoms with Gasteiger partial charge < -0.3 is 10.1 Å². The maximum absolute atomic E-state index is 13.6. The average molecular weight is 237 g/mol. The molecule has 92 valence electrons. The van der Waals surface area contributed by atoms with Crippen LogP contribution in [0.4, 0.5) is 4.39 Å². The molecular formula is C13H16FNO2. The quantitative estimate of drug-likeness (QED) is 0.872. The molecule has 2 rings (SSSR count). The second kappa shape index (κ2) is 4.73. The molecule has 0 spiro atoms. The van der Waals surface area contributed by atoms with E-state index in [-0.39, 0.29) is 11.5 Å². The van der Waals surface area contributed by atoms with Gasteiger partial charge in [-0.15, -0.1) is 0 Å². The van der Waals surface area contributed by atoms with Crippen LogP contribution in [0.1, 0.15) is 28.8 Å². The minimum Gasteiger partial charge on any atom is -0.496 e. The number of ether oxygens (including phenoxy) is 1. The predicted molar refractivity (Wildman–Crippen MR) is 62.7 cm³/mol. The van der Waals surface area contributed by atoms with Gasteiger partial charge in [0.1, 0.15) is 11.6 Å². The van der Waals surface area contributed by atoms with Gasteiger partial charge in [-0.2, -0.15) is 0 Å². The molecule has 4 heteroatoms. The Morgan fingerprint density at radius 2 is 2.24 bits per heavy atom. The zero-order valence-electron chi connectivity index (χ0n) is 10.0. The monoisotopic (exact) mass is 237 g/mol. The fraction of sp³-hybridized carbons (Fsp3) is 0.462. The fourth-order valence-electron chi connectivity index (χ4n) is 1.70. The smallest absolute Gasteiger partial charge is 0.254 e. The van der Waals surface area contributed by atoms with Crippen molar-refractivity contribution in [1.82, 2.24) is 5.32 Å². The highest BCUT2D eigenvalue weighted by Gasteiger charge is 2.23. The highest BCUT2D eigenvalue weighted by molar-refractivity contribution is 5.95. The molecular weight excluding hydrogens is 221 g/mol. The molecule has 1 aromatic rings. The standard InChI is InChI=1S/C13H16FNO2/c1-8-5-11(14)10(6-12(8)17-2)13(16)15-7-9-3-4-9/h5-6,9H,3-4,7H2,1-2H3,(H,15,16). The van der Waals surface area contributed by atoms with Crippen molar-refractivity contribution < 1.29 is 13.9 Å². The molecule has 1 amide bonds. The molecule has 1 aliphatic carbocycles. The summed E-state index contributed by atoms with van der Waals surface area (Å²) in [5.41, 5.74) is 0.733. The number of halogens is 1. The van der Waals surface area contributed by atoms with E-state index in [1.807, 2.05) is 0 Å². The number of carbonyl (C=O) groups is 1. The molecule has 0 saturated heterocycles. The lowest BCUT2D eigenvalue weighted by Gasteiger charge is -2.09. The van der Waals surface area contributed by atoms with Crippen molar-refractivity contribution in [3.8, 4) is 5.75 Å². The van der Waals surface area contributed by atoms with Gasteiger partial charge in [0.25, 0.3) is 5.91 Å². The van der Waals surface area contributed by atoms with Gasteiger partial charge in [-0.25, -0.2) is 4.39 Å². The number of hydrogen-bond donors (Lipinski definition) is 1. The second-order valence-electron chi connectivity index (χ2n) is 4.46. The third kappa shape index (κ3) is 2.75. The lowest BCUT2D eigenvalue weighted by atomic mass is 10.1. The zero-order valence-corrected chi connectivity index (χ0v) is 10.0. The Balaban J connectivity index is 2.14. The van der Waals surface area contributed by atoms with Crippen LogP contribution in [0.15, 0.2) is 12.1 Å². The number of benzene rings is 1. The number of methoxy groups -OCH3 is 1. The summed E-state index contributed by atoms with van der Waals surface area (Å²) in [7, 11) is 1.51. The average Bonchev–Trinajstić information content (AvgIpc) is 3.10.